The molecule has 0 aliphatic carbocycles. The van der Waals surface area contributed by atoms with Gasteiger partial charge in [0.2, 0.25) is 0 Å². The van der Waals surface area contributed by atoms with Crippen LogP contribution in [-0.2, 0) is 0 Å². The van der Waals surface area contributed by atoms with Gasteiger partial charge in [-0.3, -0.25) is 9.79 Å². The number of Topliss-reactive ketones (excluding diaryl/α,β-unsaturated/α-hetero) is 1. The second-order valence-electron chi connectivity index (χ2n) is 4.11. The van der Waals surface area contributed by atoms with Crippen LogP contribution >= 0.6 is 15.9 Å². The van der Waals surface area contributed by atoms with Crippen molar-refractivity contribution in [2.75, 3.05) is 6.54 Å². The molecule has 2 aromatic rings. The summed E-state index contributed by atoms with van der Waals surface area (Å²) in [6, 6.07) is 11.3. The van der Waals surface area contributed by atoms with Crippen LogP contribution in [-0.4, -0.2) is 28.8 Å². The number of halogens is 1. The van der Waals surface area contributed by atoms with Crippen LogP contribution in [0.5, 0.6) is 11.5 Å². The van der Waals surface area contributed by atoms with Gasteiger partial charge in [0.25, 0.3) is 0 Å². The lowest BCUT2D eigenvalue weighted by molar-refractivity contribution is 0.0999. The SMILES string of the molecule is O=C(CN=Cc1cc(Br)ccc1O)c1ccccc1O. The Morgan fingerprint density at radius 2 is 1.90 bits per heavy atom. The van der Waals surface area contributed by atoms with Crippen LogP contribution in [0.1, 0.15) is 15.9 Å². The lowest BCUT2D eigenvalue weighted by atomic mass is 10.1. The summed E-state index contributed by atoms with van der Waals surface area (Å²) in [5, 5.41) is 19.2. The molecule has 4 nitrogen and oxygen atoms in total. The third kappa shape index (κ3) is 3.45. The van der Waals surface area contributed by atoms with Gasteiger partial charge in [0.15, 0.2) is 5.78 Å². The zero-order chi connectivity index (χ0) is 14.5. The number of carbonyl (C=O) groups is 1. The smallest absolute Gasteiger partial charge is 0.187 e. The predicted molar refractivity (Wildman–Crippen MR) is 80.7 cm³/mol. The van der Waals surface area contributed by atoms with Gasteiger partial charge in [-0.05, 0) is 30.3 Å². The summed E-state index contributed by atoms with van der Waals surface area (Å²) in [6.45, 7) is -0.0937. The van der Waals surface area contributed by atoms with Crippen LogP contribution in [0.15, 0.2) is 51.9 Å². The molecule has 0 saturated carbocycles. The Labute approximate surface area is 124 Å². The molecule has 5 heteroatoms. The Hall–Kier alpha value is -2.14. The maximum absolute atomic E-state index is 11.9. The predicted octanol–water partition coefficient (Wildman–Crippen LogP) is 3.16. The van der Waals surface area contributed by atoms with Crippen molar-refractivity contribution in [1.29, 1.82) is 0 Å². The van der Waals surface area contributed by atoms with Crippen molar-refractivity contribution < 1.29 is 15.0 Å². The first-order chi connectivity index (χ1) is 9.58. The Morgan fingerprint density at radius 3 is 2.65 bits per heavy atom. The van der Waals surface area contributed by atoms with E-state index in [1.807, 2.05) is 0 Å². The molecule has 2 rings (SSSR count). The summed E-state index contributed by atoms with van der Waals surface area (Å²) in [4.78, 5) is 15.9. The molecule has 0 unspecified atom stereocenters. The largest absolute Gasteiger partial charge is 0.507 e. The topological polar surface area (TPSA) is 69.9 Å². The Kier molecular flexibility index (Phi) is 4.53. The number of aromatic hydroxyl groups is 2. The van der Waals surface area contributed by atoms with Crippen molar-refractivity contribution in [3.05, 3.63) is 58.1 Å². The average Bonchev–Trinajstić information content (AvgIpc) is 2.43. The van der Waals surface area contributed by atoms with E-state index in [4.69, 9.17) is 0 Å². The molecule has 0 aliphatic heterocycles. The summed E-state index contributed by atoms with van der Waals surface area (Å²) >= 11 is 3.29. The summed E-state index contributed by atoms with van der Waals surface area (Å²) in [5.74, 6) is -0.251. The van der Waals surface area contributed by atoms with Crippen LogP contribution in [0.4, 0.5) is 0 Å². The van der Waals surface area contributed by atoms with E-state index in [-0.39, 0.29) is 29.4 Å². The third-order valence-corrected chi connectivity index (χ3v) is 3.15. The minimum Gasteiger partial charge on any atom is -0.507 e. The molecular weight excluding hydrogens is 322 g/mol. The highest BCUT2D eigenvalue weighted by Crippen LogP contribution is 2.20. The summed E-state index contributed by atoms with van der Waals surface area (Å²) < 4.78 is 0.809. The third-order valence-electron chi connectivity index (χ3n) is 2.66. The molecular formula is C15H12BrNO3. The van der Waals surface area contributed by atoms with Gasteiger partial charge in [0.1, 0.15) is 18.0 Å². The fraction of sp³-hybridized carbons (Fsp3) is 0.0667. The van der Waals surface area contributed by atoms with Crippen molar-refractivity contribution in [3.63, 3.8) is 0 Å². The van der Waals surface area contributed by atoms with Gasteiger partial charge in [-0.1, -0.05) is 28.1 Å². The molecule has 0 radical (unpaired) electrons. The molecule has 0 amide bonds. The number of rotatable bonds is 4. The quantitative estimate of drug-likeness (QED) is 0.667. The molecule has 0 heterocycles. The van der Waals surface area contributed by atoms with Crippen LogP contribution in [0.2, 0.25) is 0 Å². The number of phenols is 2. The molecule has 0 atom stereocenters. The number of para-hydroxylation sites is 1. The monoisotopic (exact) mass is 333 g/mol. The maximum Gasteiger partial charge on any atom is 0.187 e. The molecule has 0 aliphatic rings. The zero-order valence-electron chi connectivity index (χ0n) is 10.5. The van der Waals surface area contributed by atoms with E-state index in [9.17, 15) is 15.0 Å². The molecule has 0 saturated heterocycles. The van der Waals surface area contributed by atoms with Crippen LogP contribution < -0.4 is 0 Å². The Bertz CT molecular complexity index is 668. The van der Waals surface area contributed by atoms with Gasteiger partial charge in [-0.2, -0.15) is 0 Å². The molecule has 20 heavy (non-hydrogen) atoms. The van der Waals surface area contributed by atoms with Crippen molar-refractivity contribution in [2.45, 2.75) is 0 Å². The van der Waals surface area contributed by atoms with Crippen LogP contribution in [0.25, 0.3) is 0 Å². The minimum atomic E-state index is -0.283. The van der Waals surface area contributed by atoms with E-state index in [0.29, 0.717) is 5.56 Å². The number of hydrogen-bond acceptors (Lipinski definition) is 4. The maximum atomic E-state index is 11.9. The number of benzene rings is 2. The first kappa shape index (κ1) is 14.3. The highest BCUT2D eigenvalue weighted by Gasteiger charge is 2.08. The number of nitrogens with zero attached hydrogens (tertiary/aromatic N) is 1. The minimum absolute atomic E-state index is 0.0574. The van der Waals surface area contributed by atoms with Gasteiger partial charge in [0, 0.05) is 16.3 Å². The molecule has 0 spiro atoms. The van der Waals surface area contributed by atoms with Gasteiger partial charge in [-0.25, -0.2) is 0 Å². The van der Waals surface area contributed by atoms with Crippen LogP contribution in [0.3, 0.4) is 0 Å². The van der Waals surface area contributed by atoms with E-state index in [0.717, 1.165) is 4.47 Å². The lowest BCUT2D eigenvalue weighted by Gasteiger charge is -2.01. The summed E-state index contributed by atoms with van der Waals surface area (Å²) in [7, 11) is 0. The fourth-order valence-electron chi connectivity index (χ4n) is 1.65. The van der Waals surface area contributed by atoms with E-state index in [2.05, 4.69) is 20.9 Å². The summed E-state index contributed by atoms with van der Waals surface area (Å²) in [5.41, 5.74) is 0.757. The fourth-order valence-corrected chi connectivity index (χ4v) is 2.03. The normalized spacial score (nSPS) is 10.8. The highest BCUT2D eigenvalue weighted by atomic mass is 79.9. The highest BCUT2D eigenvalue weighted by molar-refractivity contribution is 9.10. The Morgan fingerprint density at radius 1 is 1.15 bits per heavy atom. The number of phenolic OH excluding ortho intramolecular Hbond substituents is 2. The van der Waals surface area contributed by atoms with Gasteiger partial charge < -0.3 is 10.2 Å². The molecule has 102 valence electrons. The Balaban J connectivity index is 2.09. The number of ketones is 1. The number of carbonyl (C=O) groups excluding carboxylic acids is 1. The van der Waals surface area contributed by atoms with Crippen molar-refractivity contribution >= 4 is 27.9 Å². The zero-order valence-corrected chi connectivity index (χ0v) is 12.0. The van der Waals surface area contributed by atoms with E-state index >= 15 is 0 Å². The first-order valence-electron chi connectivity index (χ1n) is 5.87. The van der Waals surface area contributed by atoms with Crippen molar-refractivity contribution in [2.24, 2.45) is 4.99 Å². The molecule has 2 N–H and O–H groups in total. The van der Waals surface area contributed by atoms with Crippen LogP contribution in [0, 0.1) is 0 Å². The van der Waals surface area contributed by atoms with Gasteiger partial charge >= 0.3 is 0 Å². The molecule has 0 aromatic heterocycles. The lowest BCUT2D eigenvalue weighted by Crippen LogP contribution is -2.03. The average molecular weight is 334 g/mol. The first-order valence-corrected chi connectivity index (χ1v) is 6.67. The van der Waals surface area contributed by atoms with E-state index in [1.165, 1.54) is 18.3 Å². The second kappa shape index (κ2) is 6.34. The van der Waals surface area contributed by atoms with Gasteiger partial charge in [0.05, 0.1) is 5.56 Å². The van der Waals surface area contributed by atoms with Crippen molar-refractivity contribution in [3.8, 4) is 11.5 Å². The summed E-state index contributed by atoms with van der Waals surface area (Å²) in [6.07, 6.45) is 1.43. The number of aliphatic imine (C=N–C) groups is 1. The second-order valence-corrected chi connectivity index (χ2v) is 5.03. The van der Waals surface area contributed by atoms with E-state index < -0.39 is 0 Å². The standard InChI is InChI=1S/C15H12BrNO3/c16-11-5-6-13(18)10(7-11)8-17-9-15(20)12-3-1-2-4-14(12)19/h1-8,18-19H,9H2. The van der Waals surface area contributed by atoms with E-state index in [1.54, 1.807) is 30.3 Å². The van der Waals surface area contributed by atoms with Crippen molar-refractivity contribution in [1.82, 2.24) is 0 Å². The molecule has 0 bridgehead atoms. The molecule has 2 aromatic carbocycles. The molecule has 0 fully saturated rings. The number of hydrogen-bond donors (Lipinski definition) is 2. The van der Waals surface area contributed by atoms with Gasteiger partial charge in [-0.15, -0.1) is 0 Å².